The molecule has 0 aliphatic heterocycles. The molecule has 0 saturated carbocycles. The molecular formula is C10H21NO. The number of aliphatic hydroxyl groups excluding tert-OH is 1. The van der Waals surface area contributed by atoms with Crippen LogP contribution in [0.25, 0.3) is 0 Å². The van der Waals surface area contributed by atoms with Gasteiger partial charge < -0.3 is 10.4 Å². The van der Waals surface area contributed by atoms with Crippen molar-refractivity contribution in [3.8, 4) is 0 Å². The molecule has 0 aliphatic carbocycles. The van der Waals surface area contributed by atoms with Crippen molar-refractivity contribution in [1.82, 2.24) is 5.32 Å². The maximum absolute atomic E-state index is 9.51. The van der Waals surface area contributed by atoms with Crippen LogP contribution >= 0.6 is 0 Å². The van der Waals surface area contributed by atoms with Crippen LogP contribution in [0.15, 0.2) is 12.7 Å². The highest BCUT2D eigenvalue weighted by Gasteiger charge is 2.15. The minimum atomic E-state index is -0.245. The number of hydrogen-bond donors (Lipinski definition) is 2. The fraction of sp³-hybridized carbons (Fsp3) is 0.800. The summed E-state index contributed by atoms with van der Waals surface area (Å²) < 4.78 is 0. The smallest absolute Gasteiger partial charge is 0.0669 e. The van der Waals surface area contributed by atoms with E-state index >= 15 is 0 Å². The van der Waals surface area contributed by atoms with E-state index in [1.54, 1.807) is 6.08 Å². The summed E-state index contributed by atoms with van der Waals surface area (Å²) in [5.74, 6) is 0. The number of aliphatic hydroxyl groups is 1. The Balaban J connectivity index is 3.46. The van der Waals surface area contributed by atoms with Crippen LogP contribution in [-0.2, 0) is 0 Å². The molecule has 12 heavy (non-hydrogen) atoms. The van der Waals surface area contributed by atoms with E-state index in [0.29, 0.717) is 6.54 Å². The molecule has 0 fully saturated rings. The van der Waals surface area contributed by atoms with Gasteiger partial charge in [-0.15, -0.1) is 6.58 Å². The molecule has 0 rings (SSSR count). The quantitative estimate of drug-likeness (QED) is 0.486. The molecule has 2 heteroatoms. The summed E-state index contributed by atoms with van der Waals surface area (Å²) >= 11 is 0. The number of hydrogen-bond acceptors (Lipinski definition) is 2. The van der Waals surface area contributed by atoms with E-state index < -0.39 is 0 Å². The fourth-order valence-corrected chi connectivity index (χ4v) is 1.13. The van der Waals surface area contributed by atoms with Gasteiger partial charge in [-0.3, -0.25) is 0 Å². The Morgan fingerprint density at radius 2 is 2.08 bits per heavy atom. The number of rotatable bonds is 5. The molecule has 0 saturated heterocycles. The molecular weight excluding hydrogens is 150 g/mol. The van der Waals surface area contributed by atoms with Crippen molar-refractivity contribution in [2.45, 2.75) is 33.3 Å². The van der Waals surface area contributed by atoms with Gasteiger partial charge in [0.1, 0.15) is 0 Å². The Morgan fingerprint density at radius 3 is 2.50 bits per heavy atom. The zero-order chi connectivity index (χ0) is 9.61. The van der Waals surface area contributed by atoms with Gasteiger partial charge in [-0.1, -0.05) is 26.8 Å². The van der Waals surface area contributed by atoms with Gasteiger partial charge in [-0.05, 0) is 11.8 Å². The number of nitrogens with one attached hydrogen (secondary N) is 1. The first-order valence-electron chi connectivity index (χ1n) is 4.45. The molecule has 0 aromatic carbocycles. The fourth-order valence-electron chi connectivity index (χ4n) is 1.13. The van der Waals surface area contributed by atoms with Crippen LogP contribution in [0.4, 0.5) is 0 Å². The summed E-state index contributed by atoms with van der Waals surface area (Å²) in [5.41, 5.74) is 0.204. The monoisotopic (exact) mass is 171 g/mol. The highest BCUT2D eigenvalue weighted by Crippen LogP contribution is 2.20. The van der Waals surface area contributed by atoms with Crippen LogP contribution in [0.2, 0.25) is 0 Å². The van der Waals surface area contributed by atoms with E-state index in [2.05, 4.69) is 32.7 Å². The van der Waals surface area contributed by atoms with E-state index in [4.69, 9.17) is 0 Å². The second-order valence-corrected chi connectivity index (χ2v) is 4.37. The van der Waals surface area contributed by atoms with Crippen LogP contribution in [-0.4, -0.2) is 24.3 Å². The first-order valence-corrected chi connectivity index (χ1v) is 4.45. The van der Waals surface area contributed by atoms with Crippen molar-refractivity contribution in [3.05, 3.63) is 12.7 Å². The summed E-state index contributed by atoms with van der Waals surface area (Å²) in [4.78, 5) is 0. The normalized spacial score (nSPS) is 14.3. The van der Waals surface area contributed by atoms with Gasteiger partial charge in [0.05, 0.1) is 6.10 Å². The van der Waals surface area contributed by atoms with E-state index in [0.717, 1.165) is 13.0 Å². The molecule has 72 valence electrons. The molecule has 0 amide bonds. The highest BCUT2D eigenvalue weighted by molar-refractivity contribution is 4.74. The van der Waals surface area contributed by atoms with Gasteiger partial charge in [0.15, 0.2) is 0 Å². The predicted octanol–water partition coefficient (Wildman–Crippen LogP) is 1.56. The lowest BCUT2D eigenvalue weighted by Gasteiger charge is -2.22. The molecule has 0 aliphatic rings. The first-order chi connectivity index (χ1) is 5.45. The van der Waals surface area contributed by atoms with Gasteiger partial charge in [-0.25, -0.2) is 0 Å². The summed E-state index contributed by atoms with van der Waals surface area (Å²) in [7, 11) is 0. The standard InChI is InChI=1S/C10H21NO/c1-5-6-11-8-9(12)7-10(2,3)4/h5,9,11-12H,1,6-8H2,2-4H3. The predicted molar refractivity (Wildman–Crippen MR) is 53.1 cm³/mol. The molecule has 2 nitrogen and oxygen atoms in total. The Kier molecular flexibility index (Phi) is 5.18. The van der Waals surface area contributed by atoms with Gasteiger partial charge in [0, 0.05) is 13.1 Å². The van der Waals surface area contributed by atoms with Crippen molar-refractivity contribution >= 4 is 0 Å². The van der Waals surface area contributed by atoms with Crippen LogP contribution in [0, 0.1) is 5.41 Å². The lowest BCUT2D eigenvalue weighted by molar-refractivity contribution is 0.121. The van der Waals surface area contributed by atoms with E-state index in [1.807, 2.05) is 0 Å². The lowest BCUT2D eigenvalue weighted by Crippen LogP contribution is -2.30. The molecule has 0 heterocycles. The third kappa shape index (κ3) is 7.76. The van der Waals surface area contributed by atoms with Gasteiger partial charge in [0.2, 0.25) is 0 Å². The first kappa shape index (κ1) is 11.7. The van der Waals surface area contributed by atoms with Crippen LogP contribution in [0.5, 0.6) is 0 Å². The lowest BCUT2D eigenvalue weighted by atomic mass is 9.89. The zero-order valence-corrected chi connectivity index (χ0v) is 8.43. The zero-order valence-electron chi connectivity index (χ0n) is 8.43. The minimum absolute atomic E-state index is 0.204. The summed E-state index contributed by atoms with van der Waals surface area (Å²) in [5, 5.41) is 12.6. The largest absolute Gasteiger partial charge is 0.392 e. The van der Waals surface area contributed by atoms with Crippen molar-refractivity contribution in [2.24, 2.45) is 5.41 Å². The Hall–Kier alpha value is -0.340. The third-order valence-corrected chi connectivity index (χ3v) is 1.52. The van der Waals surface area contributed by atoms with E-state index in [-0.39, 0.29) is 11.5 Å². The third-order valence-electron chi connectivity index (χ3n) is 1.52. The van der Waals surface area contributed by atoms with E-state index in [1.165, 1.54) is 0 Å². The Morgan fingerprint density at radius 1 is 1.50 bits per heavy atom. The molecule has 1 atom stereocenters. The maximum Gasteiger partial charge on any atom is 0.0669 e. The minimum Gasteiger partial charge on any atom is -0.392 e. The van der Waals surface area contributed by atoms with Crippen molar-refractivity contribution in [1.29, 1.82) is 0 Å². The average Bonchev–Trinajstić information content (AvgIpc) is 1.84. The molecule has 0 radical (unpaired) electrons. The van der Waals surface area contributed by atoms with Gasteiger partial charge in [-0.2, -0.15) is 0 Å². The molecule has 2 N–H and O–H groups in total. The Bertz CT molecular complexity index is 126. The summed E-state index contributed by atoms with van der Waals surface area (Å²) in [6, 6.07) is 0. The van der Waals surface area contributed by atoms with Crippen LogP contribution in [0.1, 0.15) is 27.2 Å². The molecule has 0 bridgehead atoms. The second kappa shape index (κ2) is 5.33. The van der Waals surface area contributed by atoms with Crippen LogP contribution in [0.3, 0.4) is 0 Å². The molecule has 0 aromatic heterocycles. The SMILES string of the molecule is C=CCNCC(O)CC(C)(C)C. The summed E-state index contributed by atoms with van der Waals surface area (Å²) in [6.45, 7) is 11.4. The van der Waals surface area contributed by atoms with E-state index in [9.17, 15) is 5.11 Å². The highest BCUT2D eigenvalue weighted by atomic mass is 16.3. The van der Waals surface area contributed by atoms with Crippen molar-refractivity contribution in [3.63, 3.8) is 0 Å². The van der Waals surface area contributed by atoms with Crippen LogP contribution < -0.4 is 5.32 Å². The molecule has 0 spiro atoms. The average molecular weight is 171 g/mol. The van der Waals surface area contributed by atoms with Crippen molar-refractivity contribution < 1.29 is 5.11 Å². The topological polar surface area (TPSA) is 32.3 Å². The van der Waals surface area contributed by atoms with Gasteiger partial charge >= 0.3 is 0 Å². The molecule has 0 aromatic rings. The summed E-state index contributed by atoms with van der Waals surface area (Å²) in [6.07, 6.45) is 2.38. The Labute approximate surface area is 75.7 Å². The van der Waals surface area contributed by atoms with Crippen molar-refractivity contribution in [2.75, 3.05) is 13.1 Å². The maximum atomic E-state index is 9.51. The van der Waals surface area contributed by atoms with Gasteiger partial charge in [0.25, 0.3) is 0 Å². The second-order valence-electron chi connectivity index (χ2n) is 4.37. The molecule has 1 unspecified atom stereocenters.